The Balaban J connectivity index is 2.21. The number of methoxy groups -OCH3 is 1. The Hall–Kier alpha value is -3.24. The number of esters is 1. The van der Waals surface area contributed by atoms with E-state index in [1.807, 2.05) is 59.7 Å². The molecule has 10 heteroatoms. The van der Waals surface area contributed by atoms with Gasteiger partial charge in [-0.1, -0.05) is 69.7 Å². The van der Waals surface area contributed by atoms with Crippen LogP contribution in [0, 0.1) is 17.8 Å². The molecule has 0 spiro atoms. The van der Waals surface area contributed by atoms with Gasteiger partial charge in [-0.25, -0.2) is 4.79 Å². The minimum Gasteiger partial charge on any atom is -0.467 e. The fourth-order valence-corrected chi connectivity index (χ4v) is 5.14. The topological polar surface area (TPSA) is 143 Å². The molecule has 10 nitrogen and oxygen atoms in total. The maximum Gasteiger partial charge on any atom is 0.328 e. The number of benzene rings is 1. The van der Waals surface area contributed by atoms with Crippen molar-refractivity contribution >= 4 is 23.7 Å². The van der Waals surface area contributed by atoms with E-state index in [-0.39, 0.29) is 35.6 Å². The van der Waals surface area contributed by atoms with Gasteiger partial charge in [0.25, 0.3) is 0 Å². The summed E-state index contributed by atoms with van der Waals surface area (Å²) in [5.74, 6) is -1.69. The minimum absolute atomic E-state index is 0.103. The Bertz CT molecular complexity index is 1090. The van der Waals surface area contributed by atoms with Gasteiger partial charge in [0.2, 0.25) is 17.7 Å². The Labute approximate surface area is 251 Å². The van der Waals surface area contributed by atoms with Gasteiger partial charge in [0.1, 0.15) is 12.1 Å². The first-order valence-electron chi connectivity index (χ1n) is 15.0. The second kappa shape index (κ2) is 16.4. The molecular weight excluding hydrogens is 534 g/mol. The van der Waals surface area contributed by atoms with Gasteiger partial charge in [0, 0.05) is 19.1 Å². The van der Waals surface area contributed by atoms with E-state index in [0.29, 0.717) is 19.5 Å². The Morgan fingerprint density at radius 2 is 1.48 bits per heavy atom. The molecule has 42 heavy (non-hydrogen) atoms. The van der Waals surface area contributed by atoms with Crippen molar-refractivity contribution in [1.29, 1.82) is 0 Å². The van der Waals surface area contributed by atoms with Gasteiger partial charge in [-0.2, -0.15) is 0 Å². The van der Waals surface area contributed by atoms with Crippen molar-refractivity contribution in [3.8, 4) is 0 Å². The van der Waals surface area contributed by atoms with E-state index in [0.717, 1.165) is 12.0 Å². The van der Waals surface area contributed by atoms with E-state index in [1.165, 1.54) is 12.7 Å². The number of nitrogens with two attached hydrogens (primary N) is 1. The molecule has 1 aromatic carbocycles. The standard InChI is InChI=1S/C32H51N5O5/c1-19(2)27(31(40)36-28(20(3)4)32(41)42-8)35-30(39)23(7)37-15-14-26(22(6)34-29(38)21(5)33)17-25(18-37)16-24-12-10-9-11-13-24/h9-13,17,19-23,25,27-28H,14-16,18,33H2,1-8H3,(H,34,38)(H,35,39)(H,36,40)/t21?,22-,23-,25?,27?,28?/m0/s1. The van der Waals surface area contributed by atoms with Gasteiger partial charge >= 0.3 is 5.97 Å². The number of carbonyl (C=O) groups is 4. The highest BCUT2D eigenvalue weighted by atomic mass is 16.5. The Morgan fingerprint density at radius 3 is 2.02 bits per heavy atom. The van der Waals surface area contributed by atoms with Crippen molar-refractivity contribution in [3.05, 3.63) is 47.5 Å². The first-order chi connectivity index (χ1) is 19.7. The quantitative estimate of drug-likeness (QED) is 0.205. The zero-order valence-corrected chi connectivity index (χ0v) is 26.5. The third-order valence-electron chi connectivity index (χ3n) is 7.87. The molecule has 0 bridgehead atoms. The molecule has 1 aromatic rings. The van der Waals surface area contributed by atoms with E-state index in [2.05, 4.69) is 39.1 Å². The highest BCUT2D eigenvalue weighted by Gasteiger charge is 2.34. The molecule has 1 aliphatic heterocycles. The molecule has 0 aromatic heterocycles. The zero-order valence-electron chi connectivity index (χ0n) is 26.5. The predicted molar refractivity (Wildman–Crippen MR) is 164 cm³/mol. The first kappa shape index (κ1) is 35.0. The van der Waals surface area contributed by atoms with Gasteiger partial charge in [-0.05, 0) is 56.9 Å². The number of ether oxygens (including phenoxy) is 1. The highest BCUT2D eigenvalue weighted by molar-refractivity contribution is 5.92. The molecule has 234 valence electrons. The lowest BCUT2D eigenvalue weighted by atomic mass is 9.94. The van der Waals surface area contributed by atoms with Crippen LogP contribution in [0.5, 0.6) is 0 Å². The number of nitrogens with one attached hydrogen (secondary N) is 3. The fraction of sp³-hybridized carbons (Fsp3) is 0.625. The average molecular weight is 586 g/mol. The number of amides is 3. The lowest BCUT2D eigenvalue weighted by molar-refractivity contribution is -0.147. The Morgan fingerprint density at radius 1 is 0.881 bits per heavy atom. The van der Waals surface area contributed by atoms with Gasteiger partial charge in [0.15, 0.2) is 0 Å². The number of rotatable bonds is 13. The van der Waals surface area contributed by atoms with Crippen molar-refractivity contribution in [2.24, 2.45) is 23.5 Å². The summed E-state index contributed by atoms with van der Waals surface area (Å²) < 4.78 is 4.85. The highest BCUT2D eigenvalue weighted by Crippen LogP contribution is 2.23. The van der Waals surface area contributed by atoms with E-state index in [1.54, 1.807) is 6.92 Å². The maximum atomic E-state index is 13.6. The summed E-state index contributed by atoms with van der Waals surface area (Å²) in [6.45, 7) is 14.1. The van der Waals surface area contributed by atoms with Crippen LogP contribution in [0.4, 0.5) is 0 Å². The zero-order chi connectivity index (χ0) is 31.6. The summed E-state index contributed by atoms with van der Waals surface area (Å²) in [5.41, 5.74) is 8.06. The number of hydrogen-bond donors (Lipinski definition) is 4. The molecule has 0 fully saturated rings. The van der Waals surface area contributed by atoms with Crippen molar-refractivity contribution < 1.29 is 23.9 Å². The largest absolute Gasteiger partial charge is 0.467 e. The van der Waals surface area contributed by atoms with Crippen molar-refractivity contribution in [1.82, 2.24) is 20.9 Å². The van der Waals surface area contributed by atoms with Crippen molar-refractivity contribution in [2.75, 3.05) is 20.2 Å². The summed E-state index contributed by atoms with van der Waals surface area (Å²) in [6, 6.07) is 7.25. The monoisotopic (exact) mass is 585 g/mol. The molecule has 2 rings (SSSR count). The molecule has 1 heterocycles. The second-order valence-electron chi connectivity index (χ2n) is 12.1. The van der Waals surface area contributed by atoms with Crippen LogP contribution in [-0.4, -0.2) is 79.0 Å². The third-order valence-corrected chi connectivity index (χ3v) is 7.87. The van der Waals surface area contributed by atoms with Crippen LogP contribution in [0.15, 0.2) is 42.0 Å². The number of hydrogen-bond acceptors (Lipinski definition) is 7. The number of nitrogens with zero attached hydrogens (tertiary/aromatic N) is 1. The van der Waals surface area contributed by atoms with Gasteiger partial charge in [-0.15, -0.1) is 0 Å². The van der Waals surface area contributed by atoms with E-state index >= 15 is 0 Å². The molecule has 5 N–H and O–H groups in total. The molecular formula is C32H51N5O5. The molecule has 6 atom stereocenters. The molecule has 0 saturated heterocycles. The third kappa shape index (κ3) is 10.2. The maximum absolute atomic E-state index is 13.6. The van der Waals surface area contributed by atoms with Crippen molar-refractivity contribution in [3.63, 3.8) is 0 Å². The molecule has 1 aliphatic rings. The van der Waals surface area contributed by atoms with E-state index in [9.17, 15) is 19.2 Å². The van der Waals surface area contributed by atoms with Crippen LogP contribution in [0.1, 0.15) is 60.5 Å². The lowest BCUT2D eigenvalue weighted by Crippen LogP contribution is -2.58. The van der Waals surface area contributed by atoms with E-state index in [4.69, 9.17) is 10.5 Å². The predicted octanol–water partition coefficient (Wildman–Crippen LogP) is 2.17. The molecule has 0 aliphatic carbocycles. The molecule has 0 radical (unpaired) electrons. The van der Waals surface area contributed by atoms with Crippen molar-refractivity contribution in [2.45, 2.75) is 91.5 Å². The van der Waals surface area contributed by atoms with Gasteiger partial charge in [-0.3, -0.25) is 19.3 Å². The van der Waals surface area contributed by atoms with Crippen LogP contribution in [-0.2, 0) is 30.3 Å². The lowest BCUT2D eigenvalue weighted by Gasteiger charge is -2.32. The van der Waals surface area contributed by atoms with Crippen LogP contribution in [0.3, 0.4) is 0 Å². The van der Waals surface area contributed by atoms with Crippen LogP contribution >= 0.6 is 0 Å². The first-order valence-corrected chi connectivity index (χ1v) is 15.0. The summed E-state index contributed by atoms with van der Waals surface area (Å²) in [4.78, 5) is 53.4. The molecule has 0 saturated carbocycles. The SMILES string of the molecule is COC(=O)C(NC(=O)C(NC(=O)[C@H](C)N1CCC([C@H](C)NC(=O)C(C)N)=CC(Cc2ccccc2)C1)C(C)C)C(C)C. The van der Waals surface area contributed by atoms with E-state index < -0.39 is 36.0 Å². The van der Waals surface area contributed by atoms with Crippen LogP contribution < -0.4 is 21.7 Å². The van der Waals surface area contributed by atoms with Crippen LogP contribution in [0.25, 0.3) is 0 Å². The second-order valence-corrected chi connectivity index (χ2v) is 12.1. The summed E-state index contributed by atoms with van der Waals surface area (Å²) in [6.07, 6.45) is 3.68. The Kier molecular flexibility index (Phi) is 13.7. The summed E-state index contributed by atoms with van der Waals surface area (Å²) in [7, 11) is 1.28. The minimum atomic E-state index is -0.819. The van der Waals surface area contributed by atoms with Gasteiger partial charge in [0.05, 0.1) is 19.2 Å². The average Bonchev–Trinajstić information content (AvgIpc) is 3.16. The molecule has 4 unspecified atom stereocenters. The molecule has 3 amide bonds. The smallest absolute Gasteiger partial charge is 0.328 e. The summed E-state index contributed by atoms with van der Waals surface area (Å²) >= 11 is 0. The normalized spacial score (nSPS) is 19.5. The number of carbonyl (C=O) groups excluding carboxylic acids is 4. The summed E-state index contributed by atoms with van der Waals surface area (Å²) in [5, 5.41) is 8.71. The van der Waals surface area contributed by atoms with Gasteiger partial charge < -0.3 is 26.4 Å². The fourth-order valence-electron chi connectivity index (χ4n) is 5.14. The van der Waals surface area contributed by atoms with Crippen LogP contribution in [0.2, 0.25) is 0 Å².